The Morgan fingerprint density at radius 3 is 2.50 bits per heavy atom. The molecule has 0 fully saturated rings. The largest absolute Gasteiger partial charge is 0.399 e. The topological polar surface area (TPSA) is 43.1 Å². The number of nitrogens with two attached hydrogens (primary N) is 1. The molecule has 0 spiro atoms. The molecule has 1 atom stereocenters. The zero-order valence-corrected chi connectivity index (χ0v) is 10.2. The molecule has 0 amide bonds. The van der Waals surface area contributed by atoms with Gasteiger partial charge >= 0.3 is 0 Å². The van der Waals surface area contributed by atoms with Gasteiger partial charge in [0.15, 0.2) is 0 Å². The van der Waals surface area contributed by atoms with E-state index in [9.17, 15) is 4.79 Å². The smallest absolute Gasteiger partial charge is 0.137 e. The van der Waals surface area contributed by atoms with E-state index in [0.717, 1.165) is 24.1 Å². The van der Waals surface area contributed by atoms with Crippen LogP contribution in [-0.4, -0.2) is 5.78 Å². The average Bonchev–Trinajstić information content (AvgIpc) is 2.21. The summed E-state index contributed by atoms with van der Waals surface area (Å²) in [6.45, 7) is 4.30. The number of nitrogen functional groups attached to an aromatic ring is 1. The number of ketones is 1. The summed E-state index contributed by atoms with van der Waals surface area (Å²) in [7, 11) is 0. The van der Waals surface area contributed by atoms with Crippen molar-refractivity contribution in [3.63, 3.8) is 0 Å². The van der Waals surface area contributed by atoms with Crippen LogP contribution in [0.5, 0.6) is 0 Å². The van der Waals surface area contributed by atoms with Gasteiger partial charge in [-0.15, -0.1) is 0 Å². The summed E-state index contributed by atoms with van der Waals surface area (Å²) < 4.78 is 0. The molecule has 2 heteroatoms. The molecule has 16 heavy (non-hydrogen) atoms. The first-order valence-corrected chi connectivity index (χ1v) is 5.98. The van der Waals surface area contributed by atoms with Crippen LogP contribution in [0.2, 0.25) is 0 Å². The van der Waals surface area contributed by atoms with Gasteiger partial charge in [0.25, 0.3) is 0 Å². The van der Waals surface area contributed by atoms with Gasteiger partial charge in [0.2, 0.25) is 0 Å². The van der Waals surface area contributed by atoms with Gasteiger partial charge in [-0.1, -0.05) is 38.8 Å². The second-order valence-electron chi connectivity index (χ2n) is 4.56. The molecule has 1 aromatic carbocycles. The van der Waals surface area contributed by atoms with Crippen molar-refractivity contribution >= 4 is 11.5 Å². The quantitative estimate of drug-likeness (QED) is 0.746. The number of carbonyl (C=O) groups excluding carboxylic acids is 1. The van der Waals surface area contributed by atoms with Crippen LogP contribution in [0.25, 0.3) is 0 Å². The molecule has 0 radical (unpaired) electrons. The summed E-state index contributed by atoms with van der Waals surface area (Å²) in [4.78, 5) is 11.8. The summed E-state index contributed by atoms with van der Waals surface area (Å²) in [5.74, 6) is 0.831. The maximum Gasteiger partial charge on any atom is 0.137 e. The monoisotopic (exact) mass is 219 g/mol. The van der Waals surface area contributed by atoms with Crippen molar-refractivity contribution in [3.05, 3.63) is 29.8 Å². The highest BCUT2D eigenvalue weighted by molar-refractivity contribution is 5.81. The lowest BCUT2D eigenvalue weighted by Crippen LogP contribution is -2.08. The molecule has 1 unspecified atom stereocenters. The molecule has 1 rings (SSSR count). The van der Waals surface area contributed by atoms with E-state index in [1.54, 1.807) is 0 Å². The minimum absolute atomic E-state index is 0.325. The van der Waals surface area contributed by atoms with Crippen LogP contribution in [0.15, 0.2) is 24.3 Å². The number of anilines is 1. The highest BCUT2D eigenvalue weighted by Gasteiger charge is 2.09. The first-order chi connectivity index (χ1) is 7.61. The molecule has 2 N–H and O–H groups in total. The lowest BCUT2D eigenvalue weighted by molar-refractivity contribution is -0.119. The number of carbonyl (C=O) groups is 1. The van der Waals surface area contributed by atoms with Crippen molar-refractivity contribution in [2.75, 3.05) is 5.73 Å². The molecular weight excluding hydrogens is 198 g/mol. The molecule has 0 aliphatic rings. The van der Waals surface area contributed by atoms with Crippen LogP contribution in [0.3, 0.4) is 0 Å². The molecule has 2 nitrogen and oxygen atoms in total. The van der Waals surface area contributed by atoms with E-state index in [2.05, 4.69) is 13.8 Å². The van der Waals surface area contributed by atoms with E-state index in [0.29, 0.717) is 24.5 Å². The third-order valence-corrected chi connectivity index (χ3v) is 2.74. The van der Waals surface area contributed by atoms with Crippen LogP contribution in [0, 0.1) is 5.92 Å². The normalized spacial score (nSPS) is 12.4. The summed E-state index contributed by atoms with van der Waals surface area (Å²) in [5.41, 5.74) is 7.40. The van der Waals surface area contributed by atoms with Crippen LogP contribution in [0.1, 0.15) is 38.7 Å². The Morgan fingerprint density at radius 1 is 1.31 bits per heavy atom. The fourth-order valence-corrected chi connectivity index (χ4v) is 1.92. The van der Waals surface area contributed by atoms with Crippen LogP contribution >= 0.6 is 0 Å². The maximum absolute atomic E-state index is 11.8. The first kappa shape index (κ1) is 12.8. The second kappa shape index (κ2) is 6.31. The fourth-order valence-electron chi connectivity index (χ4n) is 1.92. The Bertz CT molecular complexity index is 329. The van der Waals surface area contributed by atoms with Crippen molar-refractivity contribution < 1.29 is 4.79 Å². The molecule has 0 aromatic heterocycles. The number of hydrogen-bond acceptors (Lipinski definition) is 2. The van der Waals surface area contributed by atoms with Crippen LogP contribution < -0.4 is 5.73 Å². The molecular formula is C14H21NO. The summed E-state index contributed by atoms with van der Waals surface area (Å²) in [5, 5.41) is 0. The molecule has 0 saturated heterocycles. The van der Waals surface area contributed by atoms with E-state index >= 15 is 0 Å². The molecule has 0 heterocycles. The summed E-state index contributed by atoms with van der Waals surface area (Å²) >= 11 is 0. The van der Waals surface area contributed by atoms with Gasteiger partial charge in [-0.25, -0.2) is 0 Å². The Labute approximate surface area is 97.9 Å². The van der Waals surface area contributed by atoms with Crippen molar-refractivity contribution in [1.29, 1.82) is 0 Å². The number of hydrogen-bond donors (Lipinski definition) is 1. The number of benzene rings is 1. The molecule has 88 valence electrons. The Kier molecular flexibility index (Phi) is 5.03. The van der Waals surface area contributed by atoms with Gasteiger partial charge in [-0.05, 0) is 23.6 Å². The molecule has 1 aromatic rings. The van der Waals surface area contributed by atoms with Gasteiger partial charge < -0.3 is 5.73 Å². The van der Waals surface area contributed by atoms with E-state index in [1.165, 1.54) is 0 Å². The standard InChI is InChI=1S/C14H21NO/c1-3-4-11(2)9-14(16)10-12-5-7-13(15)8-6-12/h5-8,11H,3-4,9-10,15H2,1-2H3. The van der Waals surface area contributed by atoms with Gasteiger partial charge in [0.1, 0.15) is 5.78 Å². The van der Waals surface area contributed by atoms with Crippen LogP contribution in [-0.2, 0) is 11.2 Å². The molecule has 0 bridgehead atoms. The summed E-state index contributed by atoms with van der Waals surface area (Å²) in [6, 6.07) is 7.55. The highest BCUT2D eigenvalue weighted by atomic mass is 16.1. The predicted octanol–water partition coefficient (Wildman–Crippen LogP) is 3.21. The Balaban J connectivity index is 2.42. The summed E-state index contributed by atoms with van der Waals surface area (Å²) in [6.07, 6.45) is 3.51. The van der Waals surface area contributed by atoms with E-state index in [1.807, 2.05) is 24.3 Å². The van der Waals surface area contributed by atoms with E-state index in [-0.39, 0.29) is 0 Å². The molecule has 0 aliphatic carbocycles. The SMILES string of the molecule is CCCC(C)CC(=O)Cc1ccc(N)cc1. The molecule has 0 aliphatic heterocycles. The first-order valence-electron chi connectivity index (χ1n) is 5.98. The van der Waals surface area contributed by atoms with Crippen molar-refractivity contribution in [3.8, 4) is 0 Å². The minimum atomic E-state index is 0.325. The number of Topliss-reactive ketones (excluding diaryl/α,β-unsaturated/α-hetero) is 1. The molecule has 0 saturated carbocycles. The van der Waals surface area contributed by atoms with Gasteiger partial charge in [0, 0.05) is 18.5 Å². The lowest BCUT2D eigenvalue weighted by Gasteiger charge is -2.08. The van der Waals surface area contributed by atoms with Crippen molar-refractivity contribution in [2.45, 2.75) is 39.5 Å². The number of rotatable bonds is 6. The second-order valence-corrected chi connectivity index (χ2v) is 4.56. The predicted molar refractivity (Wildman–Crippen MR) is 68.3 cm³/mol. The van der Waals surface area contributed by atoms with E-state index in [4.69, 9.17) is 5.73 Å². The maximum atomic E-state index is 11.8. The van der Waals surface area contributed by atoms with Crippen LogP contribution in [0.4, 0.5) is 5.69 Å². The Morgan fingerprint density at radius 2 is 1.94 bits per heavy atom. The fraction of sp³-hybridized carbons (Fsp3) is 0.500. The lowest BCUT2D eigenvalue weighted by atomic mass is 9.96. The van der Waals surface area contributed by atoms with Gasteiger partial charge in [-0.3, -0.25) is 4.79 Å². The van der Waals surface area contributed by atoms with Gasteiger partial charge in [0.05, 0.1) is 0 Å². The van der Waals surface area contributed by atoms with E-state index < -0.39 is 0 Å². The third kappa shape index (κ3) is 4.47. The average molecular weight is 219 g/mol. The van der Waals surface area contributed by atoms with Crippen molar-refractivity contribution in [1.82, 2.24) is 0 Å². The zero-order chi connectivity index (χ0) is 12.0. The third-order valence-electron chi connectivity index (χ3n) is 2.74. The zero-order valence-electron chi connectivity index (χ0n) is 10.2. The van der Waals surface area contributed by atoms with Gasteiger partial charge in [-0.2, -0.15) is 0 Å². The Hall–Kier alpha value is -1.31. The highest BCUT2D eigenvalue weighted by Crippen LogP contribution is 2.13. The van der Waals surface area contributed by atoms with Crippen molar-refractivity contribution in [2.24, 2.45) is 5.92 Å². The minimum Gasteiger partial charge on any atom is -0.399 e.